The number of thiophene rings is 1. The van der Waals surface area contributed by atoms with E-state index in [1.54, 1.807) is 5.38 Å². The van der Waals surface area contributed by atoms with E-state index in [1.165, 1.54) is 11.3 Å². The summed E-state index contributed by atoms with van der Waals surface area (Å²) >= 11 is 7.28. The fourth-order valence-electron chi connectivity index (χ4n) is 1.33. The summed E-state index contributed by atoms with van der Waals surface area (Å²) in [5.41, 5.74) is 0.680. The van der Waals surface area contributed by atoms with Gasteiger partial charge in [-0.25, -0.2) is 0 Å². The van der Waals surface area contributed by atoms with Crippen molar-refractivity contribution in [1.82, 2.24) is 0 Å². The molecule has 0 saturated heterocycles. The molecule has 72 valence electrons. The van der Waals surface area contributed by atoms with E-state index >= 15 is 0 Å². The van der Waals surface area contributed by atoms with Crippen molar-refractivity contribution in [2.45, 2.75) is 5.38 Å². The first-order valence-electron chi connectivity index (χ1n) is 4.03. The van der Waals surface area contributed by atoms with E-state index in [0.717, 1.165) is 10.1 Å². The van der Waals surface area contributed by atoms with Crippen LogP contribution in [-0.2, 0) is 4.79 Å². The average Bonchev–Trinajstić information content (AvgIpc) is 2.60. The third-order valence-electron chi connectivity index (χ3n) is 2.00. The lowest BCUT2D eigenvalue weighted by atomic mass is 10.1. The van der Waals surface area contributed by atoms with E-state index in [2.05, 4.69) is 0 Å². The van der Waals surface area contributed by atoms with Crippen LogP contribution in [0.1, 0.15) is 10.9 Å². The predicted molar refractivity (Wildman–Crippen MR) is 58.1 cm³/mol. The second-order valence-corrected chi connectivity index (χ2v) is 4.24. The van der Waals surface area contributed by atoms with Crippen molar-refractivity contribution in [2.24, 2.45) is 0 Å². The number of carboxylic acids is 1. The molecule has 1 aromatic heterocycles. The Morgan fingerprint density at radius 1 is 1.43 bits per heavy atom. The molecule has 0 bridgehead atoms. The van der Waals surface area contributed by atoms with Crippen molar-refractivity contribution in [1.29, 1.82) is 0 Å². The van der Waals surface area contributed by atoms with Crippen molar-refractivity contribution in [3.05, 3.63) is 35.2 Å². The Hall–Kier alpha value is -1.06. The van der Waals surface area contributed by atoms with E-state index in [-0.39, 0.29) is 0 Å². The summed E-state index contributed by atoms with van der Waals surface area (Å²) in [7, 11) is 0. The van der Waals surface area contributed by atoms with Crippen LogP contribution < -0.4 is 0 Å². The third-order valence-corrected chi connectivity index (χ3v) is 3.40. The van der Waals surface area contributed by atoms with Gasteiger partial charge in [0.15, 0.2) is 5.38 Å². The standard InChI is InChI=1S/C10H7ClO2S/c11-9(10(12)13)7-5-14-8-4-2-1-3-6(7)8/h1-5,9H,(H,12,13). The quantitative estimate of drug-likeness (QED) is 0.798. The van der Waals surface area contributed by atoms with Gasteiger partial charge in [0.25, 0.3) is 0 Å². The van der Waals surface area contributed by atoms with Gasteiger partial charge in [-0.3, -0.25) is 4.79 Å². The first kappa shape index (κ1) is 9.49. The van der Waals surface area contributed by atoms with Crippen molar-refractivity contribution >= 4 is 39.0 Å². The summed E-state index contributed by atoms with van der Waals surface area (Å²) in [4.78, 5) is 10.7. The number of alkyl halides is 1. The highest BCUT2D eigenvalue weighted by Gasteiger charge is 2.19. The molecule has 0 amide bonds. The van der Waals surface area contributed by atoms with Crippen LogP contribution in [-0.4, -0.2) is 11.1 Å². The summed E-state index contributed by atoms with van der Waals surface area (Å²) < 4.78 is 1.06. The van der Waals surface area contributed by atoms with E-state index in [4.69, 9.17) is 16.7 Å². The number of benzene rings is 1. The lowest BCUT2D eigenvalue weighted by Gasteiger charge is -2.01. The maximum atomic E-state index is 10.7. The van der Waals surface area contributed by atoms with Crippen molar-refractivity contribution in [3.63, 3.8) is 0 Å². The largest absolute Gasteiger partial charge is 0.480 e. The molecule has 0 radical (unpaired) electrons. The van der Waals surface area contributed by atoms with Gasteiger partial charge in [0, 0.05) is 4.70 Å². The molecule has 0 aliphatic rings. The summed E-state index contributed by atoms with van der Waals surface area (Å²) in [6.45, 7) is 0. The van der Waals surface area contributed by atoms with Gasteiger partial charge >= 0.3 is 5.97 Å². The van der Waals surface area contributed by atoms with Crippen LogP contribution in [0.3, 0.4) is 0 Å². The monoisotopic (exact) mass is 226 g/mol. The first-order chi connectivity index (χ1) is 6.70. The van der Waals surface area contributed by atoms with E-state index in [0.29, 0.717) is 5.56 Å². The number of hydrogen-bond donors (Lipinski definition) is 1. The molecule has 1 N–H and O–H groups in total. The van der Waals surface area contributed by atoms with Gasteiger partial charge < -0.3 is 5.11 Å². The van der Waals surface area contributed by atoms with Crippen LogP contribution >= 0.6 is 22.9 Å². The molecule has 2 aromatic rings. The van der Waals surface area contributed by atoms with Gasteiger partial charge in [-0.2, -0.15) is 0 Å². The lowest BCUT2D eigenvalue weighted by molar-refractivity contribution is -0.136. The number of fused-ring (bicyclic) bond motifs is 1. The second-order valence-electron chi connectivity index (χ2n) is 2.89. The van der Waals surface area contributed by atoms with E-state index < -0.39 is 11.3 Å². The maximum absolute atomic E-state index is 10.7. The van der Waals surface area contributed by atoms with Gasteiger partial charge in [-0.15, -0.1) is 22.9 Å². The minimum absolute atomic E-state index is 0.680. The van der Waals surface area contributed by atoms with Crippen LogP contribution in [0, 0.1) is 0 Å². The van der Waals surface area contributed by atoms with E-state index in [1.807, 2.05) is 24.3 Å². The molecule has 0 aliphatic carbocycles. The summed E-state index contributed by atoms with van der Waals surface area (Å²) in [5, 5.41) is 10.6. The Labute approximate surface area is 89.7 Å². The molecule has 1 unspecified atom stereocenters. The fourth-order valence-corrected chi connectivity index (χ4v) is 2.57. The second kappa shape index (κ2) is 3.59. The number of hydrogen-bond acceptors (Lipinski definition) is 2. The summed E-state index contributed by atoms with van der Waals surface area (Å²) in [5.74, 6) is -1.00. The highest BCUT2D eigenvalue weighted by molar-refractivity contribution is 7.17. The molecule has 0 aliphatic heterocycles. The molecule has 0 spiro atoms. The van der Waals surface area contributed by atoms with Crippen molar-refractivity contribution in [3.8, 4) is 0 Å². The molecule has 1 aromatic carbocycles. The molecule has 2 nitrogen and oxygen atoms in total. The van der Waals surface area contributed by atoms with Gasteiger partial charge in [-0.1, -0.05) is 18.2 Å². The minimum Gasteiger partial charge on any atom is -0.480 e. The Morgan fingerprint density at radius 3 is 2.86 bits per heavy atom. The smallest absolute Gasteiger partial charge is 0.326 e. The van der Waals surface area contributed by atoms with E-state index in [9.17, 15) is 4.79 Å². The van der Waals surface area contributed by atoms with Gasteiger partial charge in [0.1, 0.15) is 0 Å². The van der Waals surface area contributed by atoms with Crippen LogP contribution in [0.5, 0.6) is 0 Å². The van der Waals surface area contributed by atoms with Crippen LogP contribution in [0.2, 0.25) is 0 Å². The molecule has 0 fully saturated rings. The Balaban J connectivity index is 2.58. The van der Waals surface area contributed by atoms with Crippen LogP contribution in [0.4, 0.5) is 0 Å². The average molecular weight is 227 g/mol. The normalized spacial score (nSPS) is 12.9. The molecule has 4 heteroatoms. The number of carbonyl (C=O) groups is 1. The summed E-state index contributed by atoms with van der Waals surface area (Å²) in [6.07, 6.45) is 0. The van der Waals surface area contributed by atoms with Gasteiger partial charge in [0.2, 0.25) is 0 Å². The van der Waals surface area contributed by atoms with Crippen LogP contribution in [0.15, 0.2) is 29.6 Å². The highest BCUT2D eigenvalue weighted by atomic mass is 35.5. The lowest BCUT2D eigenvalue weighted by Crippen LogP contribution is -2.03. The fraction of sp³-hybridized carbons (Fsp3) is 0.100. The summed E-state index contributed by atoms with van der Waals surface area (Å²) in [6, 6.07) is 7.64. The van der Waals surface area contributed by atoms with Gasteiger partial charge in [-0.05, 0) is 22.4 Å². The number of aliphatic carboxylic acids is 1. The molecule has 1 atom stereocenters. The number of rotatable bonds is 2. The molecule has 2 rings (SSSR count). The minimum atomic E-state index is -1.00. The molecular weight excluding hydrogens is 220 g/mol. The molecule has 14 heavy (non-hydrogen) atoms. The first-order valence-corrected chi connectivity index (χ1v) is 5.35. The Morgan fingerprint density at radius 2 is 2.14 bits per heavy atom. The SMILES string of the molecule is O=C(O)C(Cl)c1csc2ccccc12. The zero-order chi connectivity index (χ0) is 10.1. The van der Waals surface area contributed by atoms with Gasteiger partial charge in [0.05, 0.1) is 0 Å². The number of halogens is 1. The zero-order valence-corrected chi connectivity index (χ0v) is 8.68. The molecule has 1 heterocycles. The predicted octanol–water partition coefficient (Wildman–Crippen LogP) is 3.27. The van der Waals surface area contributed by atoms with Crippen molar-refractivity contribution < 1.29 is 9.90 Å². The molecular formula is C10H7ClO2S. The van der Waals surface area contributed by atoms with Crippen LogP contribution in [0.25, 0.3) is 10.1 Å². The Bertz CT molecular complexity index is 478. The number of carboxylic acid groups (broad SMARTS) is 1. The highest BCUT2D eigenvalue weighted by Crippen LogP contribution is 2.33. The zero-order valence-electron chi connectivity index (χ0n) is 7.11. The van der Waals surface area contributed by atoms with Crippen molar-refractivity contribution in [2.75, 3.05) is 0 Å². The maximum Gasteiger partial charge on any atom is 0.326 e. The third kappa shape index (κ3) is 1.49. The Kier molecular flexibility index (Phi) is 2.44. The topological polar surface area (TPSA) is 37.3 Å². The molecule has 0 saturated carbocycles.